The second kappa shape index (κ2) is 3.81. The number of ether oxygens (including phenoxy) is 1. The molecule has 3 saturated carbocycles. The predicted molar refractivity (Wildman–Crippen MR) is 55.9 cm³/mol. The van der Waals surface area contributed by atoms with E-state index in [1.807, 2.05) is 0 Å². The number of alkyl carbamates (subject to hydrolysis) is 1. The molecule has 0 saturated heterocycles. The number of carboxylic acid groups (broad SMARTS) is 1. The zero-order valence-electron chi connectivity index (χ0n) is 8.94. The number of carbonyl (C=O) groups is 2. The lowest BCUT2D eigenvalue weighted by atomic mass is 9.80. The second-order valence-corrected chi connectivity index (χ2v) is 4.53. The number of hydrogen-bond donors (Lipinski definition) is 2. The highest BCUT2D eigenvalue weighted by Crippen LogP contribution is 2.54. The van der Waals surface area contributed by atoms with Crippen molar-refractivity contribution in [1.82, 2.24) is 5.32 Å². The second-order valence-electron chi connectivity index (χ2n) is 4.53. The third-order valence-corrected chi connectivity index (χ3v) is 3.58. The number of hydrogen-bond acceptors (Lipinski definition) is 3. The number of nitrogens with one attached hydrogen (secondary N) is 1. The van der Waals surface area contributed by atoms with E-state index in [1.54, 1.807) is 0 Å². The standard InChI is InChI=1S/C11H15NO4/c1-2-3-16-10(15)12-11(9(13)14)6-7-4-8(11)5-7/h2,7-8H,1,3-6H2,(H,12,15)(H,13,14). The van der Waals surface area contributed by atoms with Crippen molar-refractivity contribution < 1.29 is 19.4 Å². The number of carbonyl (C=O) groups excluding carboxylic acids is 1. The molecule has 0 aliphatic heterocycles. The number of amides is 1. The van der Waals surface area contributed by atoms with Crippen molar-refractivity contribution in [3.05, 3.63) is 12.7 Å². The topological polar surface area (TPSA) is 75.6 Å². The Bertz CT molecular complexity index is 335. The Balaban J connectivity index is 2.01. The van der Waals surface area contributed by atoms with Crippen LogP contribution in [0.2, 0.25) is 0 Å². The van der Waals surface area contributed by atoms with E-state index in [0.29, 0.717) is 12.3 Å². The van der Waals surface area contributed by atoms with E-state index >= 15 is 0 Å². The maximum atomic E-state index is 11.4. The fourth-order valence-corrected chi connectivity index (χ4v) is 2.75. The maximum absolute atomic E-state index is 11.4. The lowest BCUT2D eigenvalue weighted by Gasteiger charge is -2.31. The molecule has 1 atom stereocenters. The highest BCUT2D eigenvalue weighted by atomic mass is 16.5. The SMILES string of the molecule is C=CCOC(=O)NC1(C(=O)O)CC2CC1C2. The van der Waals surface area contributed by atoms with Crippen LogP contribution < -0.4 is 5.32 Å². The van der Waals surface area contributed by atoms with Gasteiger partial charge < -0.3 is 15.2 Å². The van der Waals surface area contributed by atoms with Gasteiger partial charge in [-0.15, -0.1) is 0 Å². The van der Waals surface area contributed by atoms with Crippen molar-refractivity contribution in [2.45, 2.75) is 24.8 Å². The van der Waals surface area contributed by atoms with E-state index in [9.17, 15) is 14.7 Å². The van der Waals surface area contributed by atoms with Crippen LogP contribution in [0.5, 0.6) is 0 Å². The molecule has 0 aromatic heterocycles. The van der Waals surface area contributed by atoms with Crippen LogP contribution in [0.3, 0.4) is 0 Å². The molecular formula is C11H15NO4. The van der Waals surface area contributed by atoms with Gasteiger partial charge in [0.05, 0.1) is 0 Å². The molecule has 0 spiro atoms. The molecule has 0 heterocycles. The molecule has 3 fully saturated rings. The van der Waals surface area contributed by atoms with E-state index in [2.05, 4.69) is 11.9 Å². The monoisotopic (exact) mass is 225 g/mol. The van der Waals surface area contributed by atoms with Crippen LogP contribution in [-0.2, 0) is 9.53 Å². The minimum absolute atomic E-state index is 0.0614. The van der Waals surface area contributed by atoms with Crippen LogP contribution >= 0.6 is 0 Å². The van der Waals surface area contributed by atoms with Crippen LogP contribution in [0.4, 0.5) is 4.79 Å². The van der Waals surface area contributed by atoms with Gasteiger partial charge in [0.2, 0.25) is 0 Å². The molecule has 0 aromatic carbocycles. The van der Waals surface area contributed by atoms with Gasteiger partial charge >= 0.3 is 12.1 Å². The molecule has 3 aliphatic rings. The summed E-state index contributed by atoms with van der Waals surface area (Å²) in [6, 6.07) is 0. The minimum atomic E-state index is -1.09. The van der Waals surface area contributed by atoms with Crippen LogP contribution in [-0.4, -0.2) is 29.3 Å². The lowest BCUT2D eigenvalue weighted by molar-refractivity contribution is -0.145. The van der Waals surface area contributed by atoms with Crippen molar-refractivity contribution in [2.24, 2.45) is 11.8 Å². The molecule has 0 radical (unpaired) electrons. The summed E-state index contributed by atoms with van der Waals surface area (Å²) in [6.07, 6.45) is 3.09. The van der Waals surface area contributed by atoms with Crippen molar-refractivity contribution in [3.8, 4) is 0 Å². The first-order valence-electron chi connectivity index (χ1n) is 5.37. The Morgan fingerprint density at radius 2 is 2.25 bits per heavy atom. The summed E-state index contributed by atoms with van der Waals surface area (Å²) < 4.78 is 4.76. The molecule has 1 amide bonds. The normalized spacial score (nSPS) is 35.0. The molecule has 88 valence electrons. The Hall–Kier alpha value is -1.52. The Morgan fingerprint density at radius 1 is 1.56 bits per heavy atom. The predicted octanol–water partition coefficient (Wildman–Crippen LogP) is 1.15. The van der Waals surface area contributed by atoms with Crippen molar-refractivity contribution >= 4 is 12.1 Å². The molecule has 3 rings (SSSR count). The number of aliphatic carboxylic acids is 1. The zero-order chi connectivity index (χ0) is 11.8. The molecule has 16 heavy (non-hydrogen) atoms. The van der Waals surface area contributed by atoms with Crippen LogP contribution in [0, 0.1) is 11.8 Å². The third-order valence-electron chi connectivity index (χ3n) is 3.58. The Morgan fingerprint density at radius 3 is 2.69 bits per heavy atom. The average Bonchev–Trinajstić information content (AvgIpc) is 2.69. The van der Waals surface area contributed by atoms with Gasteiger partial charge in [0, 0.05) is 0 Å². The van der Waals surface area contributed by atoms with Gasteiger partial charge in [0.15, 0.2) is 0 Å². The highest BCUT2D eigenvalue weighted by Gasteiger charge is 2.60. The summed E-state index contributed by atoms with van der Waals surface area (Å²) in [6.45, 7) is 3.51. The molecule has 5 nitrogen and oxygen atoms in total. The maximum Gasteiger partial charge on any atom is 0.408 e. The lowest BCUT2D eigenvalue weighted by Crippen LogP contribution is -2.56. The first-order valence-corrected chi connectivity index (χ1v) is 5.37. The first-order chi connectivity index (χ1) is 7.58. The van der Waals surface area contributed by atoms with Gasteiger partial charge in [-0.2, -0.15) is 0 Å². The average molecular weight is 225 g/mol. The zero-order valence-corrected chi connectivity index (χ0v) is 8.94. The number of rotatable bonds is 4. The van der Waals surface area contributed by atoms with Crippen LogP contribution in [0.1, 0.15) is 19.3 Å². The van der Waals surface area contributed by atoms with Gasteiger partial charge in [-0.1, -0.05) is 12.7 Å². The number of fused-ring (bicyclic) bond motifs is 1. The van der Waals surface area contributed by atoms with Gasteiger partial charge in [-0.25, -0.2) is 9.59 Å². The molecule has 0 aromatic rings. The van der Waals surface area contributed by atoms with Crippen LogP contribution in [0.15, 0.2) is 12.7 Å². The Kier molecular flexibility index (Phi) is 2.61. The summed E-state index contributed by atoms with van der Waals surface area (Å²) in [4.78, 5) is 22.7. The summed E-state index contributed by atoms with van der Waals surface area (Å²) in [5.74, 6) is -0.444. The summed E-state index contributed by atoms with van der Waals surface area (Å²) in [5.41, 5.74) is -1.09. The summed E-state index contributed by atoms with van der Waals surface area (Å²) in [5, 5.41) is 11.8. The van der Waals surface area contributed by atoms with Gasteiger partial charge in [0.1, 0.15) is 12.1 Å². The molecule has 5 heteroatoms. The van der Waals surface area contributed by atoms with Gasteiger partial charge in [-0.05, 0) is 31.1 Å². The third kappa shape index (κ3) is 1.56. The Labute approximate surface area is 93.5 Å². The smallest absolute Gasteiger partial charge is 0.408 e. The van der Waals surface area contributed by atoms with Gasteiger partial charge in [-0.3, -0.25) is 0 Å². The van der Waals surface area contributed by atoms with Crippen LogP contribution in [0.25, 0.3) is 0 Å². The highest BCUT2D eigenvalue weighted by molar-refractivity contribution is 5.85. The molecule has 2 bridgehead atoms. The van der Waals surface area contributed by atoms with E-state index in [-0.39, 0.29) is 12.5 Å². The van der Waals surface area contributed by atoms with Crippen molar-refractivity contribution in [3.63, 3.8) is 0 Å². The van der Waals surface area contributed by atoms with Crippen molar-refractivity contribution in [2.75, 3.05) is 6.61 Å². The van der Waals surface area contributed by atoms with Crippen molar-refractivity contribution in [1.29, 1.82) is 0 Å². The fourth-order valence-electron chi connectivity index (χ4n) is 2.75. The van der Waals surface area contributed by atoms with E-state index in [0.717, 1.165) is 12.8 Å². The van der Waals surface area contributed by atoms with Gasteiger partial charge in [0.25, 0.3) is 0 Å². The quantitative estimate of drug-likeness (QED) is 0.704. The minimum Gasteiger partial charge on any atom is -0.479 e. The largest absolute Gasteiger partial charge is 0.479 e. The fraction of sp³-hybridized carbons (Fsp3) is 0.636. The van der Waals surface area contributed by atoms with E-state index in [4.69, 9.17) is 4.74 Å². The summed E-state index contributed by atoms with van der Waals surface area (Å²) >= 11 is 0. The first kappa shape index (κ1) is 11.0. The summed E-state index contributed by atoms with van der Waals surface area (Å²) in [7, 11) is 0. The number of carboxylic acids is 1. The molecule has 1 unspecified atom stereocenters. The van der Waals surface area contributed by atoms with E-state index < -0.39 is 17.6 Å². The molecular weight excluding hydrogens is 210 g/mol. The molecule has 2 N–H and O–H groups in total. The molecule has 3 aliphatic carbocycles. The van der Waals surface area contributed by atoms with E-state index in [1.165, 1.54) is 6.08 Å².